The molecule has 1 heterocycles. The first-order chi connectivity index (χ1) is 6.66. The minimum Gasteiger partial charge on any atom is -0.365 e. The molecule has 0 spiro atoms. The number of aromatic nitrogens is 2. The van der Waals surface area contributed by atoms with Crippen LogP contribution in [-0.2, 0) is 0 Å². The van der Waals surface area contributed by atoms with E-state index in [1.165, 1.54) is 0 Å². The summed E-state index contributed by atoms with van der Waals surface area (Å²) in [5.41, 5.74) is 6.10. The Morgan fingerprint density at radius 1 is 1.43 bits per heavy atom. The summed E-state index contributed by atoms with van der Waals surface area (Å²) in [5.74, 6) is 0.496. The molecule has 0 saturated heterocycles. The maximum absolute atomic E-state index is 5.94. The number of nitrogens with zero attached hydrogens (tertiary/aromatic N) is 2. The molecule has 0 radical (unpaired) electrons. The normalized spacial score (nSPS) is 10.4. The van der Waals surface area contributed by atoms with Crippen LogP contribution in [0.25, 0.3) is 11.5 Å². The van der Waals surface area contributed by atoms with E-state index in [4.69, 9.17) is 21.9 Å². The number of benzene rings is 1. The molecule has 0 atom stereocenters. The van der Waals surface area contributed by atoms with Crippen molar-refractivity contribution in [2.75, 3.05) is 5.73 Å². The van der Waals surface area contributed by atoms with E-state index >= 15 is 0 Å². The first-order valence-corrected chi connectivity index (χ1v) is 5.17. The molecular weight excluding hydrogens is 316 g/mol. The third kappa shape index (κ3) is 1.83. The van der Waals surface area contributed by atoms with E-state index in [0.717, 1.165) is 9.13 Å². The number of hydrogen-bond donors (Lipinski definition) is 1. The standard InChI is InChI=1S/C8H5ClIN3O/c9-5-3-4(1-2-6(5)10)7-12-8(11)13-14-7/h1-3H,(H2,11,13). The predicted molar refractivity (Wildman–Crippen MR) is 61.9 cm³/mol. The van der Waals surface area contributed by atoms with Crippen molar-refractivity contribution in [2.45, 2.75) is 0 Å². The summed E-state index contributed by atoms with van der Waals surface area (Å²) < 4.78 is 5.87. The monoisotopic (exact) mass is 321 g/mol. The van der Waals surface area contributed by atoms with E-state index in [0.29, 0.717) is 10.9 Å². The zero-order valence-electron chi connectivity index (χ0n) is 6.87. The van der Waals surface area contributed by atoms with Crippen LogP contribution in [0.3, 0.4) is 0 Å². The molecule has 6 heteroatoms. The van der Waals surface area contributed by atoms with Gasteiger partial charge in [-0.1, -0.05) is 11.6 Å². The fourth-order valence-corrected chi connectivity index (χ4v) is 1.50. The molecule has 72 valence electrons. The van der Waals surface area contributed by atoms with Gasteiger partial charge < -0.3 is 10.3 Å². The fraction of sp³-hybridized carbons (Fsp3) is 0. The second-order valence-corrected chi connectivity index (χ2v) is 4.16. The van der Waals surface area contributed by atoms with Gasteiger partial charge >= 0.3 is 0 Å². The zero-order chi connectivity index (χ0) is 10.1. The Balaban J connectivity index is 2.47. The van der Waals surface area contributed by atoms with Gasteiger partial charge in [-0.15, -0.1) is 0 Å². The quantitative estimate of drug-likeness (QED) is 0.820. The lowest BCUT2D eigenvalue weighted by atomic mass is 10.2. The number of halogens is 2. The Morgan fingerprint density at radius 3 is 2.79 bits per heavy atom. The zero-order valence-corrected chi connectivity index (χ0v) is 9.78. The van der Waals surface area contributed by atoms with E-state index in [-0.39, 0.29) is 5.95 Å². The van der Waals surface area contributed by atoms with E-state index in [9.17, 15) is 0 Å². The van der Waals surface area contributed by atoms with Gasteiger partial charge in [0.1, 0.15) is 0 Å². The van der Waals surface area contributed by atoms with Gasteiger partial charge in [0, 0.05) is 9.13 Å². The highest BCUT2D eigenvalue weighted by atomic mass is 127. The van der Waals surface area contributed by atoms with Gasteiger partial charge in [-0.3, -0.25) is 0 Å². The van der Waals surface area contributed by atoms with Crippen molar-refractivity contribution in [1.82, 2.24) is 10.1 Å². The van der Waals surface area contributed by atoms with Gasteiger partial charge in [0.25, 0.3) is 11.8 Å². The molecular formula is C8H5ClIN3O. The van der Waals surface area contributed by atoms with Crippen LogP contribution >= 0.6 is 34.2 Å². The topological polar surface area (TPSA) is 64.9 Å². The molecule has 2 aromatic rings. The molecule has 1 aromatic carbocycles. The number of nitrogens with two attached hydrogens (primary N) is 1. The SMILES string of the molecule is Nc1noc(-c2ccc(I)c(Cl)c2)n1. The van der Waals surface area contributed by atoms with Gasteiger partial charge in [-0.2, -0.15) is 4.98 Å². The molecule has 0 aliphatic rings. The minimum atomic E-state index is 0.120. The molecule has 14 heavy (non-hydrogen) atoms. The Kier molecular flexibility index (Phi) is 2.60. The Labute approximate surface area is 98.6 Å². The van der Waals surface area contributed by atoms with Crippen molar-refractivity contribution in [3.05, 3.63) is 26.8 Å². The smallest absolute Gasteiger partial charge is 0.261 e. The fourth-order valence-electron chi connectivity index (χ4n) is 0.981. The number of anilines is 1. The second-order valence-electron chi connectivity index (χ2n) is 2.59. The highest BCUT2D eigenvalue weighted by molar-refractivity contribution is 14.1. The summed E-state index contributed by atoms with van der Waals surface area (Å²) in [6.45, 7) is 0. The third-order valence-electron chi connectivity index (χ3n) is 1.61. The molecule has 0 fully saturated rings. The van der Waals surface area contributed by atoms with Gasteiger partial charge in [0.05, 0.1) is 5.02 Å². The van der Waals surface area contributed by atoms with Crippen LogP contribution in [0.1, 0.15) is 0 Å². The van der Waals surface area contributed by atoms with Crippen LogP contribution in [0.15, 0.2) is 22.7 Å². The number of hydrogen-bond acceptors (Lipinski definition) is 4. The Hall–Kier alpha value is -0.820. The van der Waals surface area contributed by atoms with Crippen molar-refractivity contribution in [3.8, 4) is 11.5 Å². The largest absolute Gasteiger partial charge is 0.365 e. The highest BCUT2D eigenvalue weighted by Crippen LogP contribution is 2.25. The molecule has 0 amide bonds. The predicted octanol–water partition coefficient (Wildman–Crippen LogP) is 2.58. The van der Waals surface area contributed by atoms with E-state index in [2.05, 4.69) is 32.7 Å². The number of nitrogen functional groups attached to an aromatic ring is 1. The van der Waals surface area contributed by atoms with Crippen LogP contribution in [0, 0.1) is 3.57 Å². The summed E-state index contributed by atoms with van der Waals surface area (Å²) in [6, 6.07) is 5.48. The van der Waals surface area contributed by atoms with E-state index < -0.39 is 0 Å². The maximum Gasteiger partial charge on any atom is 0.261 e. The molecule has 1 aromatic heterocycles. The first kappa shape index (κ1) is 9.72. The molecule has 2 N–H and O–H groups in total. The first-order valence-electron chi connectivity index (χ1n) is 3.71. The molecule has 0 aliphatic carbocycles. The van der Waals surface area contributed by atoms with Gasteiger partial charge in [0.2, 0.25) is 0 Å². The van der Waals surface area contributed by atoms with Crippen molar-refractivity contribution < 1.29 is 4.52 Å². The van der Waals surface area contributed by atoms with Crippen molar-refractivity contribution in [1.29, 1.82) is 0 Å². The van der Waals surface area contributed by atoms with Gasteiger partial charge in [0.15, 0.2) is 0 Å². The minimum absolute atomic E-state index is 0.120. The highest BCUT2D eigenvalue weighted by Gasteiger charge is 2.07. The lowest BCUT2D eigenvalue weighted by Crippen LogP contribution is -1.85. The number of rotatable bonds is 1. The second kappa shape index (κ2) is 3.74. The lowest BCUT2D eigenvalue weighted by molar-refractivity contribution is 0.433. The molecule has 0 bridgehead atoms. The van der Waals surface area contributed by atoms with Crippen molar-refractivity contribution >= 4 is 40.1 Å². The van der Waals surface area contributed by atoms with E-state index in [1.54, 1.807) is 6.07 Å². The maximum atomic E-state index is 5.94. The summed E-state index contributed by atoms with van der Waals surface area (Å²) in [7, 11) is 0. The molecule has 0 unspecified atom stereocenters. The van der Waals surface area contributed by atoms with Crippen LogP contribution in [0.5, 0.6) is 0 Å². The molecule has 2 rings (SSSR count). The summed E-state index contributed by atoms with van der Waals surface area (Å²) >= 11 is 8.08. The Morgan fingerprint density at radius 2 is 2.21 bits per heavy atom. The van der Waals surface area contributed by atoms with Crippen LogP contribution in [-0.4, -0.2) is 10.1 Å². The third-order valence-corrected chi connectivity index (χ3v) is 3.18. The average Bonchev–Trinajstić information content (AvgIpc) is 2.57. The van der Waals surface area contributed by atoms with Gasteiger partial charge in [-0.25, -0.2) is 0 Å². The molecule has 0 saturated carbocycles. The van der Waals surface area contributed by atoms with Gasteiger partial charge in [-0.05, 0) is 45.9 Å². The Bertz CT molecular complexity index is 471. The van der Waals surface area contributed by atoms with Crippen molar-refractivity contribution in [3.63, 3.8) is 0 Å². The summed E-state index contributed by atoms with van der Waals surface area (Å²) in [6.07, 6.45) is 0. The van der Waals surface area contributed by atoms with Crippen LogP contribution < -0.4 is 5.73 Å². The summed E-state index contributed by atoms with van der Waals surface area (Å²) in [5, 5.41) is 4.14. The lowest BCUT2D eigenvalue weighted by Gasteiger charge is -1.97. The van der Waals surface area contributed by atoms with Crippen LogP contribution in [0.4, 0.5) is 5.95 Å². The molecule has 4 nitrogen and oxygen atoms in total. The average molecular weight is 322 g/mol. The van der Waals surface area contributed by atoms with Crippen molar-refractivity contribution in [2.24, 2.45) is 0 Å². The van der Waals surface area contributed by atoms with E-state index in [1.807, 2.05) is 12.1 Å². The van der Waals surface area contributed by atoms with Crippen LogP contribution in [0.2, 0.25) is 5.02 Å². The summed E-state index contributed by atoms with van der Waals surface area (Å²) in [4.78, 5) is 3.89. The molecule has 0 aliphatic heterocycles.